The van der Waals surface area contributed by atoms with Crippen LogP contribution >= 0.6 is 0 Å². The van der Waals surface area contributed by atoms with Crippen molar-refractivity contribution in [1.82, 2.24) is 4.90 Å². The Labute approximate surface area is 62.2 Å². The van der Waals surface area contributed by atoms with E-state index in [-0.39, 0.29) is 0 Å². The summed E-state index contributed by atoms with van der Waals surface area (Å²) >= 11 is 0. The zero-order valence-corrected chi connectivity index (χ0v) is 6.76. The highest BCUT2D eigenvalue weighted by molar-refractivity contribution is 5.05. The zero-order valence-electron chi connectivity index (χ0n) is 6.76. The lowest BCUT2D eigenvalue weighted by atomic mass is 9.81. The van der Waals surface area contributed by atoms with Crippen molar-refractivity contribution >= 4 is 0 Å². The van der Waals surface area contributed by atoms with E-state index in [1.807, 2.05) is 0 Å². The van der Waals surface area contributed by atoms with E-state index in [0.717, 1.165) is 13.2 Å². The molecule has 58 valence electrons. The highest BCUT2D eigenvalue weighted by Gasteiger charge is 2.51. The van der Waals surface area contributed by atoms with Gasteiger partial charge in [-0.3, -0.25) is 4.90 Å². The fourth-order valence-electron chi connectivity index (χ4n) is 2.01. The molecule has 0 aromatic rings. The summed E-state index contributed by atoms with van der Waals surface area (Å²) in [6.45, 7) is 7.76. The molecule has 10 heavy (non-hydrogen) atoms. The van der Waals surface area contributed by atoms with Gasteiger partial charge in [0.25, 0.3) is 0 Å². The summed E-state index contributed by atoms with van der Waals surface area (Å²) in [7, 11) is 0. The minimum absolute atomic E-state index is 0.494. The highest BCUT2D eigenvalue weighted by atomic mass is 16.5. The SMILES string of the molecule is CC(C)N1CCC12COC2. The van der Waals surface area contributed by atoms with Gasteiger partial charge in [0.05, 0.1) is 18.8 Å². The summed E-state index contributed by atoms with van der Waals surface area (Å²) in [4.78, 5) is 2.55. The molecule has 0 unspecified atom stereocenters. The Hall–Kier alpha value is -0.0800. The van der Waals surface area contributed by atoms with Crippen LogP contribution in [0.25, 0.3) is 0 Å². The second-order valence-corrected chi connectivity index (χ2v) is 3.75. The van der Waals surface area contributed by atoms with Gasteiger partial charge in [-0.05, 0) is 20.3 Å². The maximum Gasteiger partial charge on any atom is 0.0693 e. The van der Waals surface area contributed by atoms with Crippen LogP contribution < -0.4 is 0 Å². The Bertz CT molecular complexity index is 135. The normalized spacial score (nSPS) is 30.3. The van der Waals surface area contributed by atoms with Crippen LogP contribution in [0.4, 0.5) is 0 Å². The van der Waals surface area contributed by atoms with E-state index in [1.54, 1.807) is 0 Å². The molecule has 2 heterocycles. The van der Waals surface area contributed by atoms with E-state index in [2.05, 4.69) is 18.7 Å². The predicted octanol–water partition coefficient (Wildman–Crippen LogP) is 0.869. The van der Waals surface area contributed by atoms with Gasteiger partial charge in [0.15, 0.2) is 0 Å². The van der Waals surface area contributed by atoms with Crippen molar-refractivity contribution in [1.29, 1.82) is 0 Å². The van der Waals surface area contributed by atoms with E-state index in [1.165, 1.54) is 13.0 Å². The third-order valence-electron chi connectivity index (χ3n) is 2.79. The zero-order chi connectivity index (χ0) is 7.19. The molecular formula is C8H15NO. The number of ether oxygens (including phenoxy) is 1. The van der Waals surface area contributed by atoms with Crippen LogP contribution in [-0.4, -0.2) is 36.2 Å². The standard InChI is InChI=1S/C8H15NO/c1-7(2)9-4-3-8(9)5-10-6-8/h7H,3-6H2,1-2H3. The van der Waals surface area contributed by atoms with Crippen LogP contribution in [0.2, 0.25) is 0 Å². The quantitative estimate of drug-likeness (QED) is 0.537. The largest absolute Gasteiger partial charge is 0.377 e. The first kappa shape index (κ1) is 6.62. The summed E-state index contributed by atoms with van der Waals surface area (Å²) in [5.74, 6) is 0. The molecular weight excluding hydrogens is 126 g/mol. The number of hydrogen-bond acceptors (Lipinski definition) is 2. The van der Waals surface area contributed by atoms with Gasteiger partial charge < -0.3 is 4.74 Å². The van der Waals surface area contributed by atoms with Crippen LogP contribution in [0, 0.1) is 0 Å². The van der Waals surface area contributed by atoms with Crippen molar-refractivity contribution in [3.63, 3.8) is 0 Å². The lowest BCUT2D eigenvalue weighted by molar-refractivity contribution is -0.202. The molecule has 0 atom stereocenters. The van der Waals surface area contributed by atoms with Gasteiger partial charge in [-0.2, -0.15) is 0 Å². The molecule has 2 saturated heterocycles. The molecule has 2 rings (SSSR count). The van der Waals surface area contributed by atoms with Gasteiger partial charge >= 0.3 is 0 Å². The number of nitrogens with zero attached hydrogens (tertiary/aromatic N) is 1. The number of likely N-dealkylation sites (tertiary alicyclic amines) is 1. The molecule has 0 aromatic heterocycles. The first-order chi connectivity index (χ1) is 4.75. The second kappa shape index (κ2) is 1.95. The van der Waals surface area contributed by atoms with Crippen LogP contribution in [0.5, 0.6) is 0 Å². The third-order valence-corrected chi connectivity index (χ3v) is 2.79. The molecule has 2 aliphatic rings. The van der Waals surface area contributed by atoms with Gasteiger partial charge in [0.2, 0.25) is 0 Å². The molecule has 0 saturated carbocycles. The van der Waals surface area contributed by atoms with Crippen molar-refractivity contribution in [3.8, 4) is 0 Å². The maximum atomic E-state index is 5.22. The van der Waals surface area contributed by atoms with Gasteiger partial charge in [0.1, 0.15) is 0 Å². The average molecular weight is 141 g/mol. The van der Waals surface area contributed by atoms with E-state index < -0.39 is 0 Å². The molecule has 0 bridgehead atoms. The highest BCUT2D eigenvalue weighted by Crippen LogP contribution is 2.38. The molecule has 0 aliphatic carbocycles. The van der Waals surface area contributed by atoms with E-state index in [4.69, 9.17) is 4.74 Å². The van der Waals surface area contributed by atoms with Crippen molar-refractivity contribution in [2.75, 3.05) is 19.8 Å². The first-order valence-corrected chi connectivity index (χ1v) is 4.09. The molecule has 0 N–H and O–H groups in total. The predicted molar refractivity (Wildman–Crippen MR) is 40.0 cm³/mol. The molecule has 0 radical (unpaired) electrons. The summed E-state index contributed by atoms with van der Waals surface area (Å²) in [5.41, 5.74) is 0.494. The summed E-state index contributed by atoms with van der Waals surface area (Å²) in [6, 6.07) is 0.706. The van der Waals surface area contributed by atoms with Crippen LogP contribution in [0.1, 0.15) is 20.3 Å². The monoisotopic (exact) mass is 141 g/mol. The van der Waals surface area contributed by atoms with Crippen LogP contribution in [0.3, 0.4) is 0 Å². The molecule has 2 aliphatic heterocycles. The summed E-state index contributed by atoms with van der Waals surface area (Å²) < 4.78 is 5.22. The number of hydrogen-bond donors (Lipinski definition) is 0. The fourth-order valence-corrected chi connectivity index (χ4v) is 2.01. The fraction of sp³-hybridized carbons (Fsp3) is 1.00. The topological polar surface area (TPSA) is 12.5 Å². The average Bonchev–Trinajstić information content (AvgIpc) is 1.53. The van der Waals surface area contributed by atoms with Crippen LogP contribution in [-0.2, 0) is 4.74 Å². The molecule has 2 fully saturated rings. The molecule has 2 heteroatoms. The van der Waals surface area contributed by atoms with Crippen molar-refractivity contribution < 1.29 is 4.74 Å². The Morgan fingerprint density at radius 2 is 2.10 bits per heavy atom. The van der Waals surface area contributed by atoms with E-state index in [0.29, 0.717) is 11.6 Å². The molecule has 2 nitrogen and oxygen atoms in total. The van der Waals surface area contributed by atoms with E-state index in [9.17, 15) is 0 Å². The number of rotatable bonds is 1. The summed E-state index contributed by atoms with van der Waals surface area (Å²) in [6.07, 6.45) is 1.35. The second-order valence-electron chi connectivity index (χ2n) is 3.75. The minimum Gasteiger partial charge on any atom is -0.377 e. The third kappa shape index (κ3) is 0.663. The van der Waals surface area contributed by atoms with Crippen molar-refractivity contribution in [2.24, 2.45) is 0 Å². The lowest BCUT2D eigenvalue weighted by Crippen LogP contribution is -2.72. The van der Waals surface area contributed by atoms with Gasteiger partial charge in [0, 0.05) is 12.6 Å². The van der Waals surface area contributed by atoms with E-state index >= 15 is 0 Å². The Morgan fingerprint density at radius 1 is 1.40 bits per heavy atom. The van der Waals surface area contributed by atoms with Crippen LogP contribution in [0.15, 0.2) is 0 Å². The smallest absolute Gasteiger partial charge is 0.0693 e. The Morgan fingerprint density at radius 3 is 2.20 bits per heavy atom. The minimum atomic E-state index is 0.494. The van der Waals surface area contributed by atoms with Gasteiger partial charge in [-0.15, -0.1) is 0 Å². The van der Waals surface area contributed by atoms with Crippen molar-refractivity contribution in [3.05, 3.63) is 0 Å². The van der Waals surface area contributed by atoms with Crippen molar-refractivity contribution in [2.45, 2.75) is 31.8 Å². The first-order valence-electron chi connectivity index (χ1n) is 4.09. The lowest BCUT2D eigenvalue weighted by Gasteiger charge is -2.59. The summed E-state index contributed by atoms with van der Waals surface area (Å²) in [5, 5.41) is 0. The molecule has 1 spiro atoms. The Balaban J connectivity index is 1.99. The maximum absolute atomic E-state index is 5.22. The van der Waals surface area contributed by atoms with Gasteiger partial charge in [-0.25, -0.2) is 0 Å². The Kier molecular flexibility index (Phi) is 1.29. The molecule has 0 aromatic carbocycles. The van der Waals surface area contributed by atoms with Gasteiger partial charge in [-0.1, -0.05) is 0 Å². The molecule has 0 amide bonds.